The summed E-state index contributed by atoms with van der Waals surface area (Å²) < 4.78 is 5.09. The molecule has 0 unspecified atom stereocenters. The SMILES string of the molecule is Cc1cc(C)cc(-c2oncc2N)c1. The number of hydrogen-bond acceptors (Lipinski definition) is 3. The Morgan fingerprint density at radius 1 is 1.14 bits per heavy atom. The maximum Gasteiger partial charge on any atom is 0.189 e. The molecular formula is C11H12N2O. The standard InChI is InChI=1S/C11H12N2O/c1-7-3-8(2)5-9(4-7)11-10(12)6-13-14-11/h3-6H,12H2,1-2H3. The van der Waals surface area contributed by atoms with Gasteiger partial charge in [0.25, 0.3) is 0 Å². The number of nitrogens with two attached hydrogens (primary N) is 1. The Morgan fingerprint density at radius 2 is 1.79 bits per heavy atom. The molecule has 0 aliphatic carbocycles. The summed E-state index contributed by atoms with van der Waals surface area (Å²) in [6.45, 7) is 4.09. The fraction of sp³-hybridized carbons (Fsp3) is 0.182. The highest BCUT2D eigenvalue weighted by Gasteiger charge is 2.08. The molecule has 0 atom stereocenters. The van der Waals surface area contributed by atoms with Crippen LogP contribution in [0.25, 0.3) is 11.3 Å². The Balaban J connectivity index is 2.57. The molecule has 3 heteroatoms. The van der Waals surface area contributed by atoms with Gasteiger partial charge in [0.1, 0.15) is 5.69 Å². The molecule has 2 N–H and O–H groups in total. The first-order chi connectivity index (χ1) is 6.66. The van der Waals surface area contributed by atoms with E-state index >= 15 is 0 Å². The van der Waals surface area contributed by atoms with E-state index < -0.39 is 0 Å². The first kappa shape index (κ1) is 8.81. The van der Waals surface area contributed by atoms with Crippen molar-refractivity contribution < 1.29 is 4.52 Å². The highest BCUT2D eigenvalue weighted by molar-refractivity contribution is 5.70. The third-order valence-corrected chi connectivity index (χ3v) is 2.08. The van der Waals surface area contributed by atoms with E-state index in [1.165, 1.54) is 17.3 Å². The van der Waals surface area contributed by atoms with Crippen LogP contribution in [0, 0.1) is 13.8 Å². The van der Waals surface area contributed by atoms with E-state index in [1.807, 2.05) is 26.0 Å². The van der Waals surface area contributed by atoms with Crippen molar-refractivity contribution in [2.45, 2.75) is 13.8 Å². The second-order valence-electron chi connectivity index (χ2n) is 3.49. The second kappa shape index (κ2) is 3.18. The second-order valence-corrected chi connectivity index (χ2v) is 3.49. The predicted molar refractivity (Wildman–Crippen MR) is 55.8 cm³/mol. The summed E-state index contributed by atoms with van der Waals surface area (Å²) >= 11 is 0. The van der Waals surface area contributed by atoms with Crippen LogP contribution >= 0.6 is 0 Å². The minimum Gasteiger partial charge on any atom is -0.394 e. The molecule has 0 bridgehead atoms. The fourth-order valence-electron chi connectivity index (χ4n) is 1.57. The van der Waals surface area contributed by atoms with Gasteiger partial charge in [-0.2, -0.15) is 0 Å². The maximum absolute atomic E-state index is 5.72. The summed E-state index contributed by atoms with van der Waals surface area (Å²) in [6.07, 6.45) is 1.52. The van der Waals surface area contributed by atoms with E-state index in [0.29, 0.717) is 11.4 Å². The van der Waals surface area contributed by atoms with Gasteiger partial charge in [-0.25, -0.2) is 0 Å². The third kappa shape index (κ3) is 1.48. The average molecular weight is 188 g/mol. The van der Waals surface area contributed by atoms with Crippen LogP contribution in [0.1, 0.15) is 11.1 Å². The molecule has 0 saturated heterocycles. The smallest absolute Gasteiger partial charge is 0.189 e. The van der Waals surface area contributed by atoms with Crippen LogP contribution in [0.5, 0.6) is 0 Å². The maximum atomic E-state index is 5.72. The van der Waals surface area contributed by atoms with Crippen molar-refractivity contribution in [2.75, 3.05) is 5.73 Å². The summed E-state index contributed by atoms with van der Waals surface area (Å²) in [5.74, 6) is 0.650. The predicted octanol–water partition coefficient (Wildman–Crippen LogP) is 2.54. The zero-order valence-electron chi connectivity index (χ0n) is 8.24. The van der Waals surface area contributed by atoms with Gasteiger partial charge < -0.3 is 10.3 Å². The molecule has 0 fully saturated rings. The van der Waals surface area contributed by atoms with Gasteiger partial charge in [-0.3, -0.25) is 0 Å². The first-order valence-corrected chi connectivity index (χ1v) is 4.45. The van der Waals surface area contributed by atoms with Crippen molar-refractivity contribution in [1.82, 2.24) is 5.16 Å². The molecule has 0 radical (unpaired) electrons. The van der Waals surface area contributed by atoms with Crippen LogP contribution in [0.3, 0.4) is 0 Å². The molecule has 0 amide bonds. The van der Waals surface area contributed by atoms with Crippen LogP contribution < -0.4 is 5.73 Å². The molecule has 72 valence electrons. The van der Waals surface area contributed by atoms with Crippen molar-refractivity contribution in [1.29, 1.82) is 0 Å². The molecule has 0 saturated carbocycles. The number of aryl methyl sites for hydroxylation is 2. The lowest BCUT2D eigenvalue weighted by atomic mass is 10.1. The molecule has 1 heterocycles. The molecule has 2 aromatic rings. The van der Waals surface area contributed by atoms with Gasteiger partial charge in [-0.05, 0) is 26.0 Å². The molecule has 14 heavy (non-hydrogen) atoms. The lowest BCUT2D eigenvalue weighted by molar-refractivity contribution is 0.432. The van der Waals surface area contributed by atoms with E-state index in [9.17, 15) is 0 Å². The summed E-state index contributed by atoms with van der Waals surface area (Å²) in [7, 11) is 0. The van der Waals surface area contributed by atoms with Crippen molar-refractivity contribution in [3.8, 4) is 11.3 Å². The summed E-state index contributed by atoms with van der Waals surface area (Å²) in [5, 5.41) is 3.66. The quantitative estimate of drug-likeness (QED) is 0.748. The zero-order chi connectivity index (χ0) is 10.1. The van der Waals surface area contributed by atoms with Gasteiger partial charge in [-0.15, -0.1) is 0 Å². The molecule has 1 aromatic heterocycles. The van der Waals surface area contributed by atoms with E-state index in [-0.39, 0.29) is 0 Å². The molecular weight excluding hydrogens is 176 g/mol. The van der Waals surface area contributed by atoms with Gasteiger partial charge in [-0.1, -0.05) is 22.3 Å². The van der Waals surface area contributed by atoms with Crippen LogP contribution in [0.4, 0.5) is 5.69 Å². The number of nitrogen functional groups attached to an aromatic ring is 1. The molecule has 3 nitrogen and oxygen atoms in total. The fourth-order valence-corrected chi connectivity index (χ4v) is 1.57. The van der Waals surface area contributed by atoms with Crippen LogP contribution in [-0.2, 0) is 0 Å². The van der Waals surface area contributed by atoms with Crippen LogP contribution in [0.2, 0.25) is 0 Å². The zero-order valence-corrected chi connectivity index (χ0v) is 8.24. The number of anilines is 1. The van der Waals surface area contributed by atoms with Crippen molar-refractivity contribution >= 4 is 5.69 Å². The highest BCUT2D eigenvalue weighted by atomic mass is 16.5. The highest BCUT2D eigenvalue weighted by Crippen LogP contribution is 2.26. The Hall–Kier alpha value is -1.77. The molecule has 2 rings (SSSR count). The normalized spacial score (nSPS) is 10.4. The minimum atomic E-state index is 0.579. The van der Waals surface area contributed by atoms with Gasteiger partial charge in [0.15, 0.2) is 5.76 Å². The molecule has 1 aromatic carbocycles. The van der Waals surface area contributed by atoms with Crippen molar-refractivity contribution in [2.24, 2.45) is 0 Å². The monoisotopic (exact) mass is 188 g/mol. The summed E-state index contributed by atoms with van der Waals surface area (Å²) in [5.41, 5.74) is 9.66. The molecule has 0 aliphatic heterocycles. The lowest BCUT2D eigenvalue weighted by Crippen LogP contribution is -1.86. The summed E-state index contributed by atoms with van der Waals surface area (Å²) in [6, 6.07) is 6.17. The van der Waals surface area contributed by atoms with E-state index in [1.54, 1.807) is 0 Å². The number of rotatable bonds is 1. The Bertz CT molecular complexity index is 440. The van der Waals surface area contributed by atoms with Crippen molar-refractivity contribution in [3.05, 3.63) is 35.5 Å². The minimum absolute atomic E-state index is 0.579. The van der Waals surface area contributed by atoms with Crippen molar-refractivity contribution in [3.63, 3.8) is 0 Å². The van der Waals surface area contributed by atoms with E-state index in [4.69, 9.17) is 10.3 Å². The first-order valence-electron chi connectivity index (χ1n) is 4.45. The van der Waals surface area contributed by atoms with Crippen LogP contribution in [0.15, 0.2) is 28.9 Å². The van der Waals surface area contributed by atoms with Gasteiger partial charge >= 0.3 is 0 Å². The number of benzene rings is 1. The average Bonchev–Trinajstić information content (AvgIpc) is 2.49. The molecule has 0 aliphatic rings. The number of nitrogens with zero attached hydrogens (tertiary/aromatic N) is 1. The number of aromatic nitrogens is 1. The Kier molecular flexibility index (Phi) is 2.00. The summed E-state index contributed by atoms with van der Waals surface area (Å²) in [4.78, 5) is 0. The Labute approximate surface area is 82.5 Å². The van der Waals surface area contributed by atoms with Gasteiger partial charge in [0.2, 0.25) is 0 Å². The van der Waals surface area contributed by atoms with E-state index in [0.717, 1.165) is 5.56 Å². The lowest BCUT2D eigenvalue weighted by Gasteiger charge is -2.01. The number of hydrogen-bond donors (Lipinski definition) is 1. The van der Waals surface area contributed by atoms with Gasteiger partial charge in [0.05, 0.1) is 6.20 Å². The third-order valence-electron chi connectivity index (χ3n) is 2.08. The molecule has 0 spiro atoms. The largest absolute Gasteiger partial charge is 0.394 e. The van der Waals surface area contributed by atoms with Gasteiger partial charge in [0, 0.05) is 5.56 Å². The topological polar surface area (TPSA) is 52.0 Å². The Morgan fingerprint density at radius 3 is 2.29 bits per heavy atom. The van der Waals surface area contributed by atoms with Crippen LogP contribution in [-0.4, -0.2) is 5.16 Å². The van der Waals surface area contributed by atoms with E-state index in [2.05, 4.69) is 11.2 Å².